The largest absolute Gasteiger partial charge is 0.444 e. The van der Waals surface area contributed by atoms with Crippen LogP contribution in [0.25, 0.3) is 55.0 Å². The van der Waals surface area contributed by atoms with Crippen molar-refractivity contribution in [2.75, 3.05) is 13.1 Å². The number of amides is 2. The number of aromatic nitrogens is 4. The Labute approximate surface area is 304 Å². The lowest BCUT2D eigenvalue weighted by molar-refractivity contribution is 0.0218. The predicted octanol–water partition coefficient (Wildman–Crippen LogP) is 9.85. The van der Waals surface area contributed by atoms with Crippen LogP contribution in [0.1, 0.15) is 84.9 Å². The Morgan fingerprint density at radius 1 is 0.827 bits per heavy atom. The molecular formula is C42H48N6O4. The third-order valence-corrected chi connectivity index (χ3v) is 9.30. The minimum absolute atomic E-state index is 0.119. The Bertz CT molecular complexity index is 2260. The zero-order valence-electron chi connectivity index (χ0n) is 30.9. The number of rotatable bonds is 8. The van der Waals surface area contributed by atoms with Crippen LogP contribution in [0.5, 0.6) is 0 Å². The molecule has 3 N–H and O–H groups in total. The topological polar surface area (TPSA) is 125 Å². The van der Waals surface area contributed by atoms with Gasteiger partial charge >= 0.3 is 12.2 Å². The number of ether oxygens (including phenoxy) is 2. The summed E-state index contributed by atoms with van der Waals surface area (Å²) in [7, 11) is 0. The van der Waals surface area contributed by atoms with E-state index in [2.05, 4.69) is 87.0 Å². The lowest BCUT2D eigenvalue weighted by atomic mass is 9.97. The van der Waals surface area contributed by atoms with Gasteiger partial charge in [-0.1, -0.05) is 42.5 Å². The van der Waals surface area contributed by atoms with Gasteiger partial charge in [0.15, 0.2) is 0 Å². The van der Waals surface area contributed by atoms with Crippen LogP contribution in [0.3, 0.4) is 0 Å². The predicted molar refractivity (Wildman–Crippen MR) is 206 cm³/mol. The third kappa shape index (κ3) is 7.91. The number of hydrogen-bond donors (Lipinski definition) is 3. The van der Waals surface area contributed by atoms with Crippen molar-refractivity contribution in [2.24, 2.45) is 0 Å². The van der Waals surface area contributed by atoms with Crippen molar-refractivity contribution in [1.29, 1.82) is 0 Å². The minimum Gasteiger partial charge on any atom is -0.444 e. The van der Waals surface area contributed by atoms with Crippen LogP contribution < -0.4 is 5.32 Å². The molecule has 1 atom stereocenters. The van der Waals surface area contributed by atoms with Crippen molar-refractivity contribution in [3.63, 3.8) is 0 Å². The summed E-state index contributed by atoms with van der Waals surface area (Å²) in [5.41, 5.74) is 5.24. The quantitative estimate of drug-likeness (QED) is 0.136. The summed E-state index contributed by atoms with van der Waals surface area (Å²) in [6.07, 6.45) is 5.51. The minimum atomic E-state index is -0.539. The van der Waals surface area contributed by atoms with Crippen LogP contribution in [-0.4, -0.2) is 61.3 Å². The molecule has 1 fully saturated rings. The van der Waals surface area contributed by atoms with Gasteiger partial charge in [-0.2, -0.15) is 0 Å². The van der Waals surface area contributed by atoms with E-state index in [0.29, 0.717) is 13.1 Å². The first-order valence-electron chi connectivity index (χ1n) is 18.3. The van der Waals surface area contributed by atoms with E-state index >= 15 is 0 Å². The summed E-state index contributed by atoms with van der Waals surface area (Å²) in [5, 5.41) is 7.38. The van der Waals surface area contributed by atoms with E-state index in [-0.39, 0.29) is 18.2 Å². The van der Waals surface area contributed by atoms with Gasteiger partial charge in [-0.25, -0.2) is 19.6 Å². The molecule has 270 valence electrons. The molecule has 1 saturated heterocycles. The molecule has 0 aliphatic carbocycles. The van der Waals surface area contributed by atoms with Crippen LogP contribution in [-0.2, 0) is 15.9 Å². The molecule has 2 aromatic heterocycles. The zero-order valence-corrected chi connectivity index (χ0v) is 30.9. The Morgan fingerprint density at radius 3 is 2.25 bits per heavy atom. The van der Waals surface area contributed by atoms with Crippen LogP contribution in [0.2, 0.25) is 0 Å². The van der Waals surface area contributed by atoms with Crippen molar-refractivity contribution >= 4 is 44.8 Å². The highest BCUT2D eigenvalue weighted by Crippen LogP contribution is 2.35. The molecule has 6 aromatic rings. The van der Waals surface area contributed by atoms with E-state index in [1.165, 1.54) is 0 Å². The smallest absolute Gasteiger partial charge is 0.410 e. The number of carbonyl (C=O) groups excluding carboxylic acids is 2. The first-order chi connectivity index (χ1) is 24.8. The highest BCUT2D eigenvalue weighted by Gasteiger charge is 2.35. The van der Waals surface area contributed by atoms with Crippen molar-refractivity contribution in [2.45, 2.75) is 90.9 Å². The number of carbonyl (C=O) groups is 2. The summed E-state index contributed by atoms with van der Waals surface area (Å²) in [5.74, 6) is 1.74. The second-order valence-corrected chi connectivity index (χ2v) is 15.8. The molecule has 7 rings (SSSR count). The van der Waals surface area contributed by atoms with E-state index in [9.17, 15) is 9.59 Å². The molecule has 4 aromatic carbocycles. The maximum atomic E-state index is 12.9. The molecule has 0 saturated carbocycles. The van der Waals surface area contributed by atoms with Gasteiger partial charge in [0.2, 0.25) is 0 Å². The molecule has 10 nitrogen and oxygen atoms in total. The standard InChI is InChI=1S/C42H48N6O4/c1-41(2,3)51-39(49)43-20-8-7-11-36-45-33-19-17-30-23-29(16-18-32(30)37(33)47-36)26-12-13-28-24-31(15-14-27(28)22-26)34-25-44-38(46-34)35-10-9-21-48(35)40(50)52-42(4,5)6/h12-19,22-25,35H,7-11,20-21H2,1-6H3,(H,43,49)(H,44,46)(H,45,47)/t35-/m0/s1. The van der Waals surface area contributed by atoms with Crippen LogP contribution in [0, 0.1) is 0 Å². The van der Waals surface area contributed by atoms with Gasteiger partial charge in [-0.05, 0) is 119 Å². The van der Waals surface area contributed by atoms with Gasteiger partial charge in [0, 0.05) is 30.5 Å². The number of H-pyrrole nitrogens is 2. The van der Waals surface area contributed by atoms with Crippen molar-refractivity contribution in [3.05, 3.63) is 84.6 Å². The maximum Gasteiger partial charge on any atom is 0.410 e. The highest BCUT2D eigenvalue weighted by molar-refractivity contribution is 6.05. The van der Waals surface area contributed by atoms with Crippen molar-refractivity contribution < 1.29 is 19.1 Å². The Kier molecular flexibility index (Phi) is 9.42. The summed E-state index contributed by atoms with van der Waals surface area (Å²) in [6, 6.07) is 23.7. The Hall–Kier alpha value is -5.38. The average Bonchev–Trinajstić information content (AvgIpc) is 3.86. The normalized spacial score (nSPS) is 15.1. The van der Waals surface area contributed by atoms with Gasteiger partial charge < -0.3 is 24.8 Å². The highest BCUT2D eigenvalue weighted by atomic mass is 16.6. The first kappa shape index (κ1) is 35.0. The number of fused-ring (bicyclic) bond motifs is 4. The van der Waals surface area contributed by atoms with E-state index in [0.717, 1.165) is 98.7 Å². The molecule has 1 aliphatic heterocycles. The van der Waals surface area contributed by atoms with E-state index in [1.807, 2.05) is 47.7 Å². The average molecular weight is 701 g/mol. The SMILES string of the molecule is CC(C)(C)OC(=O)NCCCCc1nc2c(ccc3cc(-c4ccc5cc(-c6cnc([C@@H]7CCCN7C(=O)OC(C)(C)C)[nH]6)ccc5c4)ccc32)[nH]1. The molecule has 3 heterocycles. The van der Waals surface area contributed by atoms with Gasteiger partial charge in [-0.3, -0.25) is 4.90 Å². The summed E-state index contributed by atoms with van der Waals surface area (Å²) < 4.78 is 11.0. The van der Waals surface area contributed by atoms with Gasteiger partial charge in [-0.15, -0.1) is 0 Å². The summed E-state index contributed by atoms with van der Waals surface area (Å²) in [6.45, 7) is 12.5. The van der Waals surface area contributed by atoms with Gasteiger partial charge in [0.25, 0.3) is 0 Å². The molecule has 52 heavy (non-hydrogen) atoms. The number of imidazole rings is 2. The fourth-order valence-electron chi connectivity index (χ4n) is 6.91. The number of aryl methyl sites for hydroxylation is 1. The van der Waals surface area contributed by atoms with Crippen LogP contribution in [0.15, 0.2) is 72.9 Å². The summed E-state index contributed by atoms with van der Waals surface area (Å²) >= 11 is 0. The first-order valence-corrected chi connectivity index (χ1v) is 18.3. The zero-order chi connectivity index (χ0) is 36.6. The number of benzene rings is 4. The number of nitrogens with one attached hydrogen (secondary N) is 3. The number of likely N-dealkylation sites (tertiary alicyclic amines) is 1. The number of unbranched alkanes of at least 4 members (excludes halogenated alkanes) is 1. The van der Waals surface area contributed by atoms with E-state index < -0.39 is 11.2 Å². The van der Waals surface area contributed by atoms with Gasteiger partial charge in [0.05, 0.1) is 29.0 Å². The second-order valence-electron chi connectivity index (χ2n) is 15.8. The molecule has 2 amide bonds. The fourth-order valence-corrected chi connectivity index (χ4v) is 6.91. The number of hydrogen-bond acceptors (Lipinski definition) is 6. The number of alkyl carbamates (subject to hydrolysis) is 1. The Balaban J connectivity index is 1.02. The van der Waals surface area contributed by atoms with Crippen molar-refractivity contribution in [3.8, 4) is 22.4 Å². The van der Waals surface area contributed by atoms with Crippen LogP contribution >= 0.6 is 0 Å². The molecule has 1 aliphatic rings. The molecular weight excluding hydrogens is 652 g/mol. The lowest BCUT2D eigenvalue weighted by Gasteiger charge is -2.27. The summed E-state index contributed by atoms with van der Waals surface area (Å²) in [4.78, 5) is 43.1. The van der Waals surface area contributed by atoms with Crippen molar-refractivity contribution in [1.82, 2.24) is 30.2 Å². The lowest BCUT2D eigenvalue weighted by Crippen LogP contribution is -2.36. The van der Waals surface area contributed by atoms with E-state index in [4.69, 9.17) is 14.5 Å². The second kappa shape index (κ2) is 14.0. The van der Waals surface area contributed by atoms with Gasteiger partial charge in [0.1, 0.15) is 22.9 Å². The van der Waals surface area contributed by atoms with E-state index in [1.54, 1.807) is 4.90 Å². The Morgan fingerprint density at radius 2 is 1.50 bits per heavy atom. The molecule has 0 unspecified atom stereocenters. The molecule has 0 radical (unpaired) electrons. The third-order valence-electron chi connectivity index (χ3n) is 9.30. The number of nitrogens with zero attached hydrogens (tertiary/aromatic N) is 3. The van der Waals surface area contributed by atoms with Crippen LogP contribution in [0.4, 0.5) is 9.59 Å². The fraction of sp³-hybridized carbons (Fsp3) is 0.381. The number of aromatic amines is 2. The molecule has 10 heteroatoms. The monoisotopic (exact) mass is 700 g/mol. The molecule has 0 bridgehead atoms. The maximum absolute atomic E-state index is 12.9. The molecule has 0 spiro atoms.